The molecule has 0 aliphatic carbocycles. The van der Waals surface area contributed by atoms with Crippen molar-refractivity contribution in [3.05, 3.63) is 28.2 Å². The fraction of sp³-hybridized carbons (Fsp3) is 0.538. The first-order chi connectivity index (χ1) is 7.83. The van der Waals surface area contributed by atoms with Gasteiger partial charge in [-0.25, -0.2) is 0 Å². The van der Waals surface area contributed by atoms with E-state index in [4.69, 9.17) is 0 Å². The molecule has 0 unspecified atom stereocenters. The second-order valence-corrected chi connectivity index (χ2v) is 5.48. The van der Waals surface area contributed by atoms with E-state index in [0.717, 1.165) is 19.6 Å². The lowest BCUT2D eigenvalue weighted by Gasteiger charge is -2.33. The van der Waals surface area contributed by atoms with Gasteiger partial charge in [0, 0.05) is 29.5 Å². The number of benzene rings is 1. The van der Waals surface area contributed by atoms with Gasteiger partial charge in [0.2, 0.25) is 0 Å². The second kappa shape index (κ2) is 4.04. The Bertz CT molecular complexity index is 405. The number of para-hydroxylation sites is 1. The normalized spacial score (nSPS) is 27.8. The number of anilines is 1. The van der Waals surface area contributed by atoms with Crippen LogP contribution >= 0.6 is 15.9 Å². The van der Waals surface area contributed by atoms with Gasteiger partial charge in [-0.3, -0.25) is 0 Å². The van der Waals surface area contributed by atoms with Gasteiger partial charge in [-0.05, 0) is 47.4 Å². The number of hydrogen-bond acceptors (Lipinski definition) is 2. The van der Waals surface area contributed by atoms with Crippen molar-refractivity contribution in [1.29, 1.82) is 0 Å². The van der Waals surface area contributed by atoms with Crippen molar-refractivity contribution in [2.45, 2.75) is 25.3 Å². The minimum Gasteiger partial charge on any atom is -0.367 e. The van der Waals surface area contributed by atoms with Crippen LogP contribution in [0, 0.1) is 0 Å². The number of piperidine rings is 1. The molecule has 0 bridgehead atoms. The van der Waals surface area contributed by atoms with Gasteiger partial charge in [0.25, 0.3) is 0 Å². The zero-order chi connectivity index (χ0) is 11.1. The molecular formula is C13H17BrN2. The fourth-order valence-electron chi connectivity index (χ4n) is 3.23. The van der Waals surface area contributed by atoms with Crippen LogP contribution in [0.2, 0.25) is 0 Å². The molecule has 2 heterocycles. The van der Waals surface area contributed by atoms with Crippen molar-refractivity contribution in [1.82, 2.24) is 5.32 Å². The maximum absolute atomic E-state index is 3.70. The summed E-state index contributed by atoms with van der Waals surface area (Å²) in [6.45, 7) is 5.65. The summed E-state index contributed by atoms with van der Waals surface area (Å²) in [5.74, 6) is 0.682. The van der Waals surface area contributed by atoms with Crippen LogP contribution in [0.25, 0.3) is 0 Å². The van der Waals surface area contributed by atoms with E-state index < -0.39 is 0 Å². The van der Waals surface area contributed by atoms with Gasteiger partial charge in [0.05, 0.1) is 5.69 Å². The van der Waals surface area contributed by atoms with Gasteiger partial charge in [-0.1, -0.05) is 12.1 Å². The number of fused-ring (bicyclic) bond motifs is 3. The molecule has 2 nitrogen and oxygen atoms in total. The highest BCUT2D eigenvalue weighted by atomic mass is 79.9. The Morgan fingerprint density at radius 1 is 1.50 bits per heavy atom. The number of nitrogens with zero attached hydrogens (tertiary/aromatic N) is 1. The zero-order valence-corrected chi connectivity index (χ0v) is 11.1. The Labute approximate surface area is 105 Å². The molecule has 1 aromatic rings. The van der Waals surface area contributed by atoms with Crippen molar-refractivity contribution in [3.8, 4) is 0 Å². The summed E-state index contributed by atoms with van der Waals surface area (Å²) in [7, 11) is 0. The molecule has 2 atom stereocenters. The fourth-order valence-corrected chi connectivity index (χ4v) is 3.84. The minimum atomic E-state index is 0.682. The lowest BCUT2D eigenvalue weighted by Crippen LogP contribution is -2.44. The Morgan fingerprint density at radius 2 is 2.38 bits per heavy atom. The average molecular weight is 281 g/mol. The standard InChI is InChI=1S/C13H17BrN2/c1-2-16-12-6-7-15-8-10(12)9-4-3-5-11(14)13(9)16/h3-5,10,12,15H,2,6-8H2,1H3/t10-,12-/m0/s1. The largest absolute Gasteiger partial charge is 0.367 e. The summed E-state index contributed by atoms with van der Waals surface area (Å²) in [5.41, 5.74) is 2.96. The molecule has 1 saturated heterocycles. The predicted molar refractivity (Wildman–Crippen MR) is 71.2 cm³/mol. The van der Waals surface area contributed by atoms with Gasteiger partial charge in [-0.2, -0.15) is 0 Å². The molecule has 0 radical (unpaired) electrons. The van der Waals surface area contributed by atoms with E-state index in [1.807, 2.05) is 0 Å². The van der Waals surface area contributed by atoms with Crippen molar-refractivity contribution in [3.63, 3.8) is 0 Å². The van der Waals surface area contributed by atoms with Crippen molar-refractivity contribution in [2.24, 2.45) is 0 Å². The van der Waals surface area contributed by atoms with E-state index in [-0.39, 0.29) is 0 Å². The molecule has 2 aliphatic heterocycles. The lowest BCUT2D eigenvalue weighted by molar-refractivity contribution is 0.406. The molecule has 86 valence electrons. The first-order valence-electron chi connectivity index (χ1n) is 6.08. The predicted octanol–water partition coefficient (Wildman–Crippen LogP) is 2.73. The maximum atomic E-state index is 3.70. The molecule has 0 aromatic heterocycles. The molecular weight excluding hydrogens is 264 g/mol. The van der Waals surface area contributed by atoms with Crippen LogP contribution in [-0.4, -0.2) is 25.7 Å². The monoisotopic (exact) mass is 280 g/mol. The van der Waals surface area contributed by atoms with E-state index in [2.05, 4.69) is 51.3 Å². The Balaban J connectivity index is 2.10. The summed E-state index contributed by atoms with van der Waals surface area (Å²) in [4.78, 5) is 2.57. The molecule has 16 heavy (non-hydrogen) atoms. The van der Waals surface area contributed by atoms with Crippen LogP contribution in [0.3, 0.4) is 0 Å². The van der Waals surface area contributed by atoms with Gasteiger partial charge < -0.3 is 10.2 Å². The quantitative estimate of drug-likeness (QED) is 0.851. The first kappa shape index (κ1) is 10.6. The summed E-state index contributed by atoms with van der Waals surface area (Å²) in [6, 6.07) is 7.32. The topological polar surface area (TPSA) is 15.3 Å². The van der Waals surface area contributed by atoms with Crippen LogP contribution in [0.5, 0.6) is 0 Å². The van der Waals surface area contributed by atoms with Crippen LogP contribution in [0.15, 0.2) is 22.7 Å². The number of likely N-dealkylation sites (N-methyl/N-ethyl adjacent to an activating group) is 1. The van der Waals surface area contributed by atoms with E-state index in [1.165, 1.54) is 22.1 Å². The number of rotatable bonds is 1. The van der Waals surface area contributed by atoms with Gasteiger partial charge in [0.15, 0.2) is 0 Å². The first-order valence-corrected chi connectivity index (χ1v) is 6.88. The summed E-state index contributed by atoms with van der Waals surface area (Å²) >= 11 is 3.70. The Hall–Kier alpha value is -0.540. The van der Waals surface area contributed by atoms with Crippen LogP contribution in [0.1, 0.15) is 24.8 Å². The Morgan fingerprint density at radius 3 is 3.19 bits per heavy atom. The average Bonchev–Trinajstić information content (AvgIpc) is 2.65. The summed E-state index contributed by atoms with van der Waals surface area (Å²) < 4.78 is 1.25. The molecule has 1 N–H and O–H groups in total. The van der Waals surface area contributed by atoms with Crippen molar-refractivity contribution in [2.75, 3.05) is 24.5 Å². The lowest BCUT2D eigenvalue weighted by atomic mass is 9.90. The van der Waals surface area contributed by atoms with Crippen LogP contribution < -0.4 is 10.2 Å². The van der Waals surface area contributed by atoms with Crippen LogP contribution in [-0.2, 0) is 0 Å². The third kappa shape index (κ3) is 1.41. The summed E-state index contributed by atoms with van der Waals surface area (Å²) in [5, 5.41) is 3.52. The highest BCUT2D eigenvalue weighted by Gasteiger charge is 2.39. The van der Waals surface area contributed by atoms with Crippen molar-refractivity contribution < 1.29 is 0 Å². The zero-order valence-electron chi connectivity index (χ0n) is 9.54. The molecule has 0 amide bonds. The highest BCUT2D eigenvalue weighted by molar-refractivity contribution is 9.10. The van der Waals surface area contributed by atoms with E-state index in [9.17, 15) is 0 Å². The highest BCUT2D eigenvalue weighted by Crippen LogP contribution is 2.46. The number of halogens is 1. The Kier molecular flexibility index (Phi) is 2.68. The van der Waals surface area contributed by atoms with Crippen LogP contribution in [0.4, 0.5) is 5.69 Å². The molecule has 2 aliphatic rings. The van der Waals surface area contributed by atoms with E-state index >= 15 is 0 Å². The van der Waals surface area contributed by atoms with Gasteiger partial charge in [0.1, 0.15) is 0 Å². The smallest absolute Gasteiger partial charge is 0.0549 e. The third-order valence-electron chi connectivity index (χ3n) is 3.89. The third-order valence-corrected chi connectivity index (χ3v) is 4.53. The van der Waals surface area contributed by atoms with E-state index in [0.29, 0.717) is 12.0 Å². The molecule has 1 aromatic carbocycles. The number of hydrogen-bond donors (Lipinski definition) is 1. The van der Waals surface area contributed by atoms with Gasteiger partial charge in [-0.15, -0.1) is 0 Å². The second-order valence-electron chi connectivity index (χ2n) is 4.63. The molecule has 1 fully saturated rings. The number of nitrogens with one attached hydrogen (secondary N) is 1. The maximum Gasteiger partial charge on any atom is 0.0549 e. The minimum absolute atomic E-state index is 0.682. The van der Waals surface area contributed by atoms with E-state index in [1.54, 1.807) is 0 Å². The van der Waals surface area contributed by atoms with Crippen molar-refractivity contribution >= 4 is 21.6 Å². The SMILES string of the molecule is CCN1c2c(Br)cccc2[C@@H]2CNCC[C@@H]21. The van der Waals surface area contributed by atoms with Gasteiger partial charge >= 0.3 is 0 Å². The molecule has 0 spiro atoms. The molecule has 3 heteroatoms. The molecule has 3 rings (SSSR count). The molecule has 0 saturated carbocycles. The summed E-state index contributed by atoms with van der Waals surface area (Å²) in [6.07, 6.45) is 1.26.